The van der Waals surface area contributed by atoms with Crippen molar-refractivity contribution in [2.45, 2.75) is 44.3 Å². The van der Waals surface area contributed by atoms with Crippen LogP contribution in [0.4, 0.5) is 4.39 Å². The van der Waals surface area contributed by atoms with Crippen molar-refractivity contribution in [1.82, 2.24) is 0 Å². The van der Waals surface area contributed by atoms with E-state index in [0.29, 0.717) is 4.47 Å². The van der Waals surface area contributed by atoms with Gasteiger partial charge in [0, 0.05) is 10.0 Å². The first-order valence-electron chi connectivity index (χ1n) is 6.52. The quantitative estimate of drug-likeness (QED) is 0.801. The lowest BCUT2D eigenvalue weighted by molar-refractivity contribution is -0.0301. The third-order valence-corrected chi connectivity index (χ3v) is 5.10. The second-order valence-electron chi connectivity index (χ2n) is 5.10. The van der Waals surface area contributed by atoms with E-state index in [0.717, 1.165) is 32.1 Å². The summed E-state index contributed by atoms with van der Waals surface area (Å²) in [6, 6.07) is 3.04. The molecule has 2 unspecified atom stereocenters. The minimum absolute atomic E-state index is 0.0329. The first-order chi connectivity index (χ1) is 9.02. The Morgan fingerprint density at radius 2 is 1.84 bits per heavy atom. The summed E-state index contributed by atoms with van der Waals surface area (Å²) in [6.45, 7) is 0. The van der Waals surface area contributed by atoms with E-state index in [-0.39, 0.29) is 16.5 Å². The maximum absolute atomic E-state index is 14.0. The second kappa shape index (κ2) is 6.53. The molecule has 2 atom stereocenters. The van der Waals surface area contributed by atoms with Gasteiger partial charge in [0.25, 0.3) is 0 Å². The third kappa shape index (κ3) is 3.30. The summed E-state index contributed by atoms with van der Waals surface area (Å²) in [7, 11) is 0. The van der Waals surface area contributed by atoms with Gasteiger partial charge in [-0.1, -0.05) is 36.9 Å². The molecule has 1 aliphatic rings. The van der Waals surface area contributed by atoms with Crippen molar-refractivity contribution in [3.05, 3.63) is 33.0 Å². The summed E-state index contributed by atoms with van der Waals surface area (Å²) in [5.74, 6) is -0.635. The second-order valence-corrected chi connectivity index (χ2v) is 6.33. The number of aliphatic hydroxyl groups is 2. The number of rotatable bonds is 3. The summed E-state index contributed by atoms with van der Waals surface area (Å²) in [5, 5.41) is 20.3. The Balaban J connectivity index is 2.18. The number of hydrogen-bond acceptors (Lipinski definition) is 2. The van der Waals surface area contributed by atoms with Crippen LogP contribution in [0.2, 0.25) is 5.02 Å². The van der Waals surface area contributed by atoms with Crippen LogP contribution in [0, 0.1) is 11.7 Å². The Hall–Kier alpha value is -0.160. The normalized spacial score (nSPS) is 20.3. The molecule has 0 aliphatic heterocycles. The molecule has 1 aromatic carbocycles. The highest BCUT2D eigenvalue weighted by molar-refractivity contribution is 9.10. The molecule has 106 valence electrons. The number of benzene rings is 1. The highest BCUT2D eigenvalue weighted by atomic mass is 79.9. The molecule has 2 nitrogen and oxygen atoms in total. The van der Waals surface area contributed by atoms with Crippen molar-refractivity contribution >= 4 is 27.5 Å². The zero-order valence-electron chi connectivity index (χ0n) is 10.5. The van der Waals surface area contributed by atoms with Gasteiger partial charge in [0.2, 0.25) is 0 Å². The minimum Gasteiger partial charge on any atom is -0.390 e. The van der Waals surface area contributed by atoms with E-state index >= 15 is 0 Å². The average Bonchev–Trinajstić information content (AvgIpc) is 2.44. The molecule has 19 heavy (non-hydrogen) atoms. The van der Waals surface area contributed by atoms with Crippen LogP contribution in [0.25, 0.3) is 0 Å². The van der Waals surface area contributed by atoms with Crippen LogP contribution in [0.1, 0.15) is 43.8 Å². The summed E-state index contributed by atoms with van der Waals surface area (Å²) in [4.78, 5) is 0. The predicted octanol–water partition coefficient (Wildman–Crippen LogP) is 4.22. The monoisotopic (exact) mass is 350 g/mol. The van der Waals surface area contributed by atoms with Crippen LogP contribution in [-0.2, 0) is 0 Å². The number of aliphatic hydroxyl groups excluding tert-OH is 2. The van der Waals surface area contributed by atoms with Crippen molar-refractivity contribution in [2.24, 2.45) is 5.92 Å². The zero-order valence-corrected chi connectivity index (χ0v) is 12.8. The zero-order chi connectivity index (χ0) is 14.0. The Bertz CT molecular complexity index is 449. The van der Waals surface area contributed by atoms with Gasteiger partial charge in [-0.3, -0.25) is 0 Å². The van der Waals surface area contributed by atoms with Crippen molar-refractivity contribution < 1.29 is 14.6 Å². The van der Waals surface area contributed by atoms with Crippen LogP contribution >= 0.6 is 27.5 Å². The van der Waals surface area contributed by atoms with Gasteiger partial charge in [0.05, 0.1) is 11.1 Å². The largest absolute Gasteiger partial charge is 0.390 e. The van der Waals surface area contributed by atoms with Gasteiger partial charge < -0.3 is 10.2 Å². The molecular formula is C14H17BrClFO2. The lowest BCUT2D eigenvalue weighted by Crippen LogP contribution is -2.29. The van der Waals surface area contributed by atoms with E-state index in [1.807, 2.05) is 0 Å². The van der Waals surface area contributed by atoms with E-state index in [9.17, 15) is 14.6 Å². The maximum atomic E-state index is 14.0. The lowest BCUT2D eigenvalue weighted by Gasteiger charge is -2.30. The first-order valence-corrected chi connectivity index (χ1v) is 7.69. The van der Waals surface area contributed by atoms with Gasteiger partial charge in [-0.25, -0.2) is 4.39 Å². The highest BCUT2D eigenvalue weighted by Crippen LogP contribution is 2.36. The SMILES string of the molecule is OC(c1ccc(Br)c(Cl)c1F)C(O)C1CCCCC1. The van der Waals surface area contributed by atoms with Crippen LogP contribution in [0.15, 0.2) is 16.6 Å². The molecule has 0 amide bonds. The molecule has 2 rings (SSSR count). The predicted molar refractivity (Wildman–Crippen MR) is 76.7 cm³/mol. The molecule has 0 bridgehead atoms. The van der Waals surface area contributed by atoms with E-state index in [1.54, 1.807) is 6.07 Å². The van der Waals surface area contributed by atoms with E-state index < -0.39 is 18.0 Å². The van der Waals surface area contributed by atoms with Crippen molar-refractivity contribution in [3.63, 3.8) is 0 Å². The molecule has 0 spiro atoms. The van der Waals surface area contributed by atoms with Gasteiger partial charge in [-0.2, -0.15) is 0 Å². The molecule has 1 saturated carbocycles. The molecule has 1 fully saturated rings. The van der Waals surface area contributed by atoms with Crippen LogP contribution in [0.5, 0.6) is 0 Å². The Morgan fingerprint density at radius 1 is 1.21 bits per heavy atom. The van der Waals surface area contributed by atoms with Gasteiger partial charge in [0.1, 0.15) is 11.9 Å². The maximum Gasteiger partial charge on any atom is 0.148 e. The van der Waals surface area contributed by atoms with E-state index in [2.05, 4.69) is 15.9 Å². The van der Waals surface area contributed by atoms with E-state index in [1.165, 1.54) is 6.07 Å². The standard InChI is InChI=1S/C14H17BrClFO2/c15-10-7-6-9(12(17)11(10)16)14(19)13(18)8-4-2-1-3-5-8/h6-8,13-14,18-19H,1-5H2. The van der Waals surface area contributed by atoms with Crippen LogP contribution in [0.3, 0.4) is 0 Å². The summed E-state index contributed by atoms with van der Waals surface area (Å²) >= 11 is 8.93. The minimum atomic E-state index is -1.23. The third-order valence-electron chi connectivity index (χ3n) is 3.84. The molecular weight excluding hydrogens is 335 g/mol. The fourth-order valence-electron chi connectivity index (χ4n) is 2.69. The average molecular weight is 352 g/mol. The lowest BCUT2D eigenvalue weighted by atomic mass is 9.82. The molecule has 1 aliphatic carbocycles. The van der Waals surface area contributed by atoms with E-state index in [4.69, 9.17) is 11.6 Å². The van der Waals surface area contributed by atoms with Gasteiger partial charge in [-0.15, -0.1) is 0 Å². The van der Waals surface area contributed by atoms with Gasteiger partial charge in [-0.05, 0) is 40.8 Å². The molecule has 0 heterocycles. The Morgan fingerprint density at radius 3 is 2.47 bits per heavy atom. The Kier molecular flexibility index (Phi) is 5.23. The van der Waals surface area contributed by atoms with Crippen LogP contribution < -0.4 is 0 Å². The van der Waals surface area contributed by atoms with Gasteiger partial charge in [0.15, 0.2) is 0 Å². The topological polar surface area (TPSA) is 40.5 Å². The van der Waals surface area contributed by atoms with Crippen molar-refractivity contribution in [3.8, 4) is 0 Å². The fraction of sp³-hybridized carbons (Fsp3) is 0.571. The first kappa shape index (κ1) is 15.2. The van der Waals surface area contributed by atoms with Crippen molar-refractivity contribution in [1.29, 1.82) is 0 Å². The molecule has 2 N–H and O–H groups in total. The number of hydrogen-bond donors (Lipinski definition) is 2. The Labute approximate surface area is 125 Å². The number of halogens is 3. The van der Waals surface area contributed by atoms with Crippen LogP contribution in [-0.4, -0.2) is 16.3 Å². The molecule has 5 heteroatoms. The molecule has 1 aromatic rings. The van der Waals surface area contributed by atoms with Gasteiger partial charge >= 0.3 is 0 Å². The summed E-state index contributed by atoms with van der Waals surface area (Å²) < 4.78 is 14.4. The smallest absolute Gasteiger partial charge is 0.148 e. The highest BCUT2D eigenvalue weighted by Gasteiger charge is 2.30. The summed E-state index contributed by atoms with van der Waals surface area (Å²) in [6.07, 6.45) is 2.86. The molecule has 0 saturated heterocycles. The molecule has 0 radical (unpaired) electrons. The summed E-state index contributed by atoms with van der Waals surface area (Å²) in [5.41, 5.74) is 0.0614. The van der Waals surface area contributed by atoms with Crippen molar-refractivity contribution in [2.75, 3.05) is 0 Å². The molecule has 0 aromatic heterocycles. The fourth-order valence-corrected chi connectivity index (χ4v) is 3.17.